The fraction of sp³-hybridized carbons (Fsp3) is 0.418. The van der Waals surface area contributed by atoms with Gasteiger partial charge in [-0.2, -0.15) is 0 Å². The number of pyridine rings is 8. The fourth-order valence-electron chi connectivity index (χ4n) is 17.0. The Morgan fingerprint density at radius 3 is 0.934 bits per heavy atom. The summed E-state index contributed by atoms with van der Waals surface area (Å²) in [6.45, 7) is 48.9. The Labute approximate surface area is 738 Å². The van der Waals surface area contributed by atoms with Gasteiger partial charge in [0.1, 0.15) is 28.2 Å². The minimum absolute atomic E-state index is 0.0553. The summed E-state index contributed by atoms with van der Waals surface area (Å²) in [7, 11) is 7.86. The highest BCUT2D eigenvalue weighted by Gasteiger charge is 2.31. The van der Waals surface area contributed by atoms with Crippen molar-refractivity contribution in [3.8, 4) is 45.0 Å². The zero-order valence-corrected chi connectivity index (χ0v) is 77.7. The van der Waals surface area contributed by atoms with E-state index in [2.05, 4.69) is 174 Å². The second kappa shape index (κ2) is 33.8. The van der Waals surface area contributed by atoms with E-state index in [1.807, 2.05) is 209 Å². The van der Waals surface area contributed by atoms with Crippen molar-refractivity contribution in [2.75, 3.05) is 0 Å². The summed E-state index contributed by atoms with van der Waals surface area (Å²) in [5, 5.41) is 8.18. The number of rotatable bonds is 12. The lowest BCUT2D eigenvalue weighted by molar-refractivity contribution is -0.660. The van der Waals surface area contributed by atoms with Crippen LogP contribution in [0.5, 0.6) is 0 Å². The zero-order chi connectivity index (χ0) is 95.9. The summed E-state index contributed by atoms with van der Waals surface area (Å²) in [6.07, 6.45) is 7.45. The van der Waals surface area contributed by atoms with E-state index < -0.39 is 53.0 Å². The van der Waals surface area contributed by atoms with Gasteiger partial charge in [0.05, 0.1) is 22.3 Å². The molecule has 12 heteroatoms. The van der Waals surface area contributed by atoms with Crippen LogP contribution >= 0.6 is 0 Å². The Bertz CT molecular complexity index is 7100. The molecule has 0 bridgehead atoms. The second-order valence-corrected chi connectivity index (χ2v) is 40.9. The van der Waals surface area contributed by atoms with Crippen molar-refractivity contribution in [3.63, 3.8) is 0 Å². The summed E-state index contributed by atoms with van der Waals surface area (Å²) in [5.74, 6) is -0.0748. The molecule has 1 saturated carbocycles. The Morgan fingerprint density at radius 1 is 0.344 bits per heavy atom. The molecule has 0 unspecified atom stereocenters. The van der Waals surface area contributed by atoms with E-state index >= 15 is 0 Å². The number of hydrogen-bond acceptors (Lipinski definition) is 8. The molecule has 12 aromatic heterocycles. The number of furan rings is 4. The largest absolute Gasteiger partial charge is 0.437 e. The highest BCUT2D eigenvalue weighted by molar-refractivity contribution is 6.12. The number of hydrogen-bond donors (Lipinski definition) is 0. The first-order valence-electron chi connectivity index (χ1n) is 48.1. The van der Waals surface area contributed by atoms with E-state index in [0.717, 1.165) is 194 Å². The smallest absolute Gasteiger partial charge is 0.227 e. The Morgan fingerprint density at radius 2 is 0.631 bits per heavy atom. The minimum atomic E-state index is -1.46. The first-order chi connectivity index (χ1) is 60.7. The van der Waals surface area contributed by atoms with Gasteiger partial charge >= 0.3 is 0 Å². The first kappa shape index (κ1) is 76.2. The normalized spacial score (nSPS) is 15.2. The van der Waals surface area contributed by atoms with Crippen molar-refractivity contribution in [2.24, 2.45) is 61.2 Å². The predicted molar refractivity (Wildman–Crippen MR) is 506 cm³/mol. The molecule has 0 spiro atoms. The monoisotopic (exact) mass is 1640 g/mol. The number of aryl methyl sites for hydroxylation is 8. The molecule has 0 atom stereocenters. The molecule has 12 heterocycles. The molecular weight excluding hydrogens is 1500 g/mol. The molecule has 4 aromatic carbocycles. The predicted octanol–water partition coefficient (Wildman–Crippen LogP) is 27.2. The van der Waals surface area contributed by atoms with E-state index in [1.54, 1.807) is 0 Å². The lowest BCUT2D eigenvalue weighted by Crippen LogP contribution is -2.32. The molecule has 0 radical (unpaired) electrons. The number of fused-ring (bicyclic) bond motifs is 12. The van der Waals surface area contributed by atoms with Crippen LogP contribution in [0, 0.1) is 60.7 Å². The van der Waals surface area contributed by atoms with Crippen LogP contribution in [0.4, 0.5) is 0 Å². The molecule has 12 nitrogen and oxygen atoms in total. The SMILES string of the molecule is [2H]C([2H])(c1ccc(-c2c(C)ccc3c2oc2nc(C(C)(C)C)ccc23)[n+](C)c1)C(C)(C)C.[2H]C([2H])(c1ccc(-c2c(C)ccc3c2oc2nc(CC(C)(C)C)ccc23)[n+](C)c1)C(C)(C)C.[2H]C([2H])(c1ccc(-c2c(C)ccc3c2oc2nc(CC(C)C)ccc23)[n+](C)c1)C(C)(C)C.[2H]C1(c2ccc3c(n2)oc2c(-c4ccc(C([2H])([2H])C(C)(C)C)c[n+]4C)c(C)ccc23)CCCC1. The highest BCUT2D eigenvalue weighted by Crippen LogP contribution is 2.44. The average Bonchev–Trinajstić information content (AvgIpc) is 1.66. The topological polar surface area (TPSA) is 120 Å². The van der Waals surface area contributed by atoms with E-state index in [1.165, 1.54) is 0 Å². The van der Waals surface area contributed by atoms with Crippen LogP contribution in [0.3, 0.4) is 0 Å². The van der Waals surface area contributed by atoms with Crippen LogP contribution < -0.4 is 18.3 Å². The summed E-state index contributed by atoms with van der Waals surface area (Å²) in [5.41, 5.74) is 22.8. The summed E-state index contributed by atoms with van der Waals surface area (Å²) in [4.78, 5) is 19.3. The fourth-order valence-corrected chi connectivity index (χ4v) is 17.0. The Hall–Kier alpha value is -10.7. The van der Waals surface area contributed by atoms with Crippen molar-refractivity contribution < 1.29 is 48.3 Å². The molecule has 1 aliphatic carbocycles. The van der Waals surface area contributed by atoms with Gasteiger partial charge in [0.15, 0.2) is 47.1 Å². The molecule has 0 saturated heterocycles. The van der Waals surface area contributed by atoms with Gasteiger partial charge in [-0.3, -0.25) is 0 Å². The van der Waals surface area contributed by atoms with Gasteiger partial charge in [0, 0.05) is 136 Å². The molecule has 16 aromatic rings. The molecule has 0 aliphatic heterocycles. The number of nitrogens with zero attached hydrogens (tertiary/aromatic N) is 8. The molecule has 634 valence electrons. The van der Waals surface area contributed by atoms with Crippen molar-refractivity contribution in [1.29, 1.82) is 0 Å². The molecule has 1 fully saturated rings. The van der Waals surface area contributed by atoms with Gasteiger partial charge in [-0.05, 0) is 207 Å². The molecule has 17 rings (SSSR count). The van der Waals surface area contributed by atoms with E-state index in [9.17, 15) is 0 Å². The van der Waals surface area contributed by atoms with Crippen LogP contribution in [0.1, 0.15) is 250 Å². The molecule has 0 amide bonds. The Balaban J connectivity index is 0.000000141. The maximum Gasteiger partial charge on any atom is 0.227 e. The molecular formula is C110H134N8O4+4. The Kier molecular flexibility index (Phi) is 21.1. The quantitative estimate of drug-likeness (QED) is 0.111. The highest BCUT2D eigenvalue weighted by atomic mass is 16.4. The average molecular weight is 1640 g/mol. The summed E-state index contributed by atoms with van der Waals surface area (Å²) >= 11 is 0. The van der Waals surface area contributed by atoms with Gasteiger partial charge in [-0.1, -0.05) is 200 Å². The second-order valence-electron chi connectivity index (χ2n) is 40.9. The van der Waals surface area contributed by atoms with Crippen LogP contribution in [-0.4, -0.2) is 19.9 Å². The van der Waals surface area contributed by atoms with Gasteiger partial charge < -0.3 is 17.7 Å². The van der Waals surface area contributed by atoms with Crippen molar-refractivity contribution >= 4 is 88.3 Å². The first-order valence-corrected chi connectivity index (χ1v) is 43.6. The third kappa shape index (κ3) is 19.7. The van der Waals surface area contributed by atoms with Crippen LogP contribution in [0.15, 0.2) is 188 Å². The van der Waals surface area contributed by atoms with Gasteiger partial charge in [-0.15, -0.1) is 0 Å². The van der Waals surface area contributed by atoms with E-state index in [-0.39, 0.29) is 10.8 Å². The lowest BCUT2D eigenvalue weighted by Gasteiger charge is -2.17. The lowest BCUT2D eigenvalue weighted by atomic mass is 9.88. The van der Waals surface area contributed by atoms with Crippen LogP contribution in [0.25, 0.3) is 133 Å². The maximum absolute atomic E-state index is 8.85. The van der Waals surface area contributed by atoms with E-state index in [4.69, 9.17) is 49.9 Å². The van der Waals surface area contributed by atoms with Crippen LogP contribution in [-0.2, 0) is 71.9 Å². The van der Waals surface area contributed by atoms with Crippen molar-refractivity contribution in [1.82, 2.24) is 19.9 Å². The third-order valence-electron chi connectivity index (χ3n) is 22.3. The zero-order valence-electron chi connectivity index (χ0n) is 86.7. The van der Waals surface area contributed by atoms with Crippen LogP contribution in [0.2, 0.25) is 0 Å². The summed E-state index contributed by atoms with van der Waals surface area (Å²) < 4.78 is 111. The minimum Gasteiger partial charge on any atom is -0.437 e. The van der Waals surface area contributed by atoms with Crippen molar-refractivity contribution in [2.45, 2.75) is 241 Å². The summed E-state index contributed by atoms with van der Waals surface area (Å²) in [6, 6.07) is 49.1. The standard InChI is InChI=1S/C28H33N2O.C28H35N2O.2C27H33N2O/c1-18-10-12-21-22-13-14-23(20-8-6-7-9-20)29-27(22)31-26(21)25(18)24-15-11-19(17-30(24)5)16-28(2,3)4;1-18-9-12-21-22-13-11-20(16-28(5,6)7)29-26(22)31-25(21)24(18)23-14-10-19(17-30(23)8)15-27(2,3)4;1-17-9-11-19-20-12-14-22(27(5,6)7)28-25(20)30-24(19)23(17)21-13-10-18(16-29(21)8)15-26(2,3)4;1-17(2)14-20-10-12-22-21-11-8-18(3)24(25(21)30-26(22)28-20)23-13-9-19(16-29(23)7)15-27(4,5)6/h10-15,17,20H,6-9,16H2,1-5H3;9-14,17H,15-16H2,1-8H3;9-14,16H,15H2,1-8H3;8-13,16-17H,14-15H2,1-7H3/q4*+1/i16D2,20D;3*15D2. The third-order valence-corrected chi connectivity index (χ3v) is 22.3. The maximum atomic E-state index is 8.85. The molecule has 122 heavy (non-hydrogen) atoms. The molecule has 0 N–H and O–H groups in total. The number of benzene rings is 4. The van der Waals surface area contributed by atoms with Gasteiger partial charge in [0.25, 0.3) is 0 Å². The molecule has 1 aliphatic rings. The van der Waals surface area contributed by atoms with Gasteiger partial charge in [0.2, 0.25) is 45.6 Å². The van der Waals surface area contributed by atoms with Crippen molar-refractivity contribution in [3.05, 3.63) is 238 Å². The van der Waals surface area contributed by atoms with Gasteiger partial charge in [-0.25, -0.2) is 38.2 Å². The van der Waals surface area contributed by atoms with E-state index in [0.29, 0.717) is 51.0 Å². The number of aromatic nitrogens is 8.